The molecule has 1 aliphatic rings. The summed E-state index contributed by atoms with van der Waals surface area (Å²) < 4.78 is 16.1. The quantitative estimate of drug-likeness (QED) is 0.668. The van der Waals surface area contributed by atoms with Crippen LogP contribution in [0.1, 0.15) is 31.8 Å². The predicted octanol–water partition coefficient (Wildman–Crippen LogP) is 3.93. The van der Waals surface area contributed by atoms with Crippen molar-refractivity contribution in [3.05, 3.63) is 71.0 Å². The Labute approximate surface area is 150 Å². The molecule has 3 aromatic rings. The zero-order valence-electron chi connectivity index (χ0n) is 14.4. The van der Waals surface area contributed by atoms with E-state index in [4.69, 9.17) is 13.9 Å². The molecule has 0 saturated heterocycles. The van der Waals surface area contributed by atoms with Crippen LogP contribution < -0.4 is 9.47 Å². The number of fused-ring (bicyclic) bond motifs is 3. The van der Waals surface area contributed by atoms with Crippen LogP contribution in [0.15, 0.2) is 53.1 Å². The van der Waals surface area contributed by atoms with Crippen LogP contribution in [-0.4, -0.2) is 25.8 Å². The van der Waals surface area contributed by atoms with Crippen molar-refractivity contribution in [3.63, 3.8) is 0 Å². The average Bonchev–Trinajstić information content (AvgIpc) is 3.11. The number of benzene rings is 2. The fraction of sp³-hybridized carbons (Fsp3) is 0.143. The van der Waals surface area contributed by atoms with Crippen LogP contribution in [0.3, 0.4) is 0 Å². The average molecular weight is 348 g/mol. The first kappa shape index (κ1) is 16.1. The van der Waals surface area contributed by atoms with E-state index in [1.807, 2.05) is 18.2 Å². The van der Waals surface area contributed by atoms with E-state index >= 15 is 0 Å². The largest absolute Gasteiger partial charge is 0.493 e. The number of ether oxygens (including phenoxy) is 2. The Kier molecular flexibility index (Phi) is 3.84. The highest BCUT2D eigenvalue weighted by Crippen LogP contribution is 2.37. The molecule has 130 valence electrons. The Morgan fingerprint density at radius 1 is 1.00 bits per heavy atom. The van der Waals surface area contributed by atoms with Crippen molar-refractivity contribution in [2.75, 3.05) is 14.2 Å². The van der Waals surface area contributed by atoms with E-state index in [1.165, 1.54) is 20.5 Å². The van der Waals surface area contributed by atoms with Crippen molar-refractivity contribution >= 4 is 11.6 Å². The van der Waals surface area contributed by atoms with Crippen molar-refractivity contribution in [1.29, 1.82) is 0 Å². The van der Waals surface area contributed by atoms with Gasteiger partial charge in [-0.25, -0.2) is 0 Å². The molecular weight excluding hydrogens is 332 g/mol. The van der Waals surface area contributed by atoms with E-state index < -0.39 is 0 Å². The summed E-state index contributed by atoms with van der Waals surface area (Å²) in [6.07, 6.45) is 1.58. The molecule has 0 aliphatic heterocycles. The van der Waals surface area contributed by atoms with Gasteiger partial charge in [0.1, 0.15) is 12.0 Å². The van der Waals surface area contributed by atoms with Crippen molar-refractivity contribution in [2.24, 2.45) is 0 Å². The molecule has 2 aromatic carbocycles. The maximum atomic E-state index is 13.0. The van der Waals surface area contributed by atoms with E-state index in [0.29, 0.717) is 39.5 Å². The minimum Gasteiger partial charge on any atom is -0.493 e. The van der Waals surface area contributed by atoms with Gasteiger partial charge in [0.25, 0.3) is 0 Å². The van der Waals surface area contributed by atoms with E-state index in [0.717, 1.165) is 5.56 Å². The molecule has 0 atom stereocenters. The highest BCUT2D eigenvalue weighted by molar-refractivity contribution is 6.14. The number of hydrogen-bond donors (Lipinski definition) is 0. The van der Waals surface area contributed by atoms with Gasteiger partial charge in [-0.2, -0.15) is 0 Å². The monoisotopic (exact) mass is 348 g/mol. The second-order valence-electron chi connectivity index (χ2n) is 6.00. The molecule has 0 amide bonds. The number of carbonyl (C=O) groups excluding carboxylic acids is 2. The summed E-state index contributed by atoms with van der Waals surface area (Å²) in [6, 6.07) is 12.2. The summed E-state index contributed by atoms with van der Waals surface area (Å²) in [7, 11) is 3.05. The number of carbonyl (C=O) groups is 2. The van der Waals surface area contributed by atoms with Gasteiger partial charge in [-0.3, -0.25) is 9.59 Å². The molecule has 0 saturated carbocycles. The first-order chi connectivity index (χ1) is 12.6. The van der Waals surface area contributed by atoms with Crippen molar-refractivity contribution in [1.82, 2.24) is 0 Å². The van der Waals surface area contributed by atoms with E-state index in [-0.39, 0.29) is 18.0 Å². The number of ketones is 2. The predicted molar refractivity (Wildman–Crippen MR) is 95.2 cm³/mol. The molecule has 0 fully saturated rings. The highest BCUT2D eigenvalue weighted by atomic mass is 16.5. The minimum atomic E-state index is -0.219. The number of rotatable bonds is 4. The van der Waals surface area contributed by atoms with E-state index in [1.54, 1.807) is 24.3 Å². The van der Waals surface area contributed by atoms with Crippen LogP contribution in [-0.2, 0) is 6.42 Å². The smallest absolute Gasteiger partial charge is 0.196 e. The van der Waals surface area contributed by atoms with Crippen molar-refractivity contribution in [2.45, 2.75) is 6.42 Å². The maximum Gasteiger partial charge on any atom is 0.196 e. The number of furan rings is 1. The zero-order valence-corrected chi connectivity index (χ0v) is 14.4. The lowest BCUT2D eigenvalue weighted by atomic mass is 9.86. The van der Waals surface area contributed by atoms with Gasteiger partial charge in [-0.1, -0.05) is 24.3 Å². The zero-order chi connectivity index (χ0) is 18.3. The molecular formula is C21H16O5. The molecule has 1 heterocycles. The molecule has 0 bridgehead atoms. The molecule has 26 heavy (non-hydrogen) atoms. The summed E-state index contributed by atoms with van der Waals surface area (Å²) >= 11 is 0. The van der Waals surface area contributed by atoms with Gasteiger partial charge >= 0.3 is 0 Å². The fourth-order valence-electron chi connectivity index (χ4n) is 3.29. The summed E-state index contributed by atoms with van der Waals surface area (Å²) in [5.74, 6) is 1.36. The topological polar surface area (TPSA) is 65.7 Å². The van der Waals surface area contributed by atoms with Gasteiger partial charge in [0.2, 0.25) is 0 Å². The Balaban J connectivity index is 1.79. The highest BCUT2D eigenvalue weighted by Gasteiger charge is 2.30. The molecule has 1 aliphatic carbocycles. The van der Waals surface area contributed by atoms with Gasteiger partial charge < -0.3 is 13.9 Å². The van der Waals surface area contributed by atoms with Crippen molar-refractivity contribution in [3.8, 4) is 22.8 Å². The SMILES string of the molecule is COc1ccc(C(=O)c2coc3c2CC(=O)c2ccccc2-3)cc1OC. The Morgan fingerprint density at radius 3 is 2.46 bits per heavy atom. The third-order valence-electron chi connectivity index (χ3n) is 4.59. The standard InChI is InChI=1S/C21H16O5/c1-24-18-8-7-12(9-19(18)25-2)20(23)16-11-26-21-14-6-4-3-5-13(14)17(22)10-15(16)21/h3-9,11H,10H2,1-2H3. The van der Waals surface area contributed by atoms with E-state index in [9.17, 15) is 9.59 Å². The van der Waals surface area contributed by atoms with Gasteiger partial charge in [0.15, 0.2) is 23.1 Å². The first-order valence-electron chi connectivity index (χ1n) is 8.13. The van der Waals surface area contributed by atoms with Crippen LogP contribution >= 0.6 is 0 Å². The summed E-state index contributed by atoms with van der Waals surface area (Å²) in [5, 5.41) is 0. The lowest BCUT2D eigenvalue weighted by Crippen LogP contribution is -2.14. The summed E-state index contributed by atoms with van der Waals surface area (Å²) in [6.45, 7) is 0. The Hall–Kier alpha value is -3.34. The van der Waals surface area contributed by atoms with Gasteiger partial charge in [0.05, 0.1) is 19.8 Å². The Bertz CT molecular complexity index is 1030. The van der Waals surface area contributed by atoms with Crippen LogP contribution in [0.5, 0.6) is 11.5 Å². The van der Waals surface area contributed by atoms with Crippen LogP contribution in [0.25, 0.3) is 11.3 Å². The Morgan fingerprint density at radius 2 is 1.73 bits per heavy atom. The molecule has 5 nitrogen and oxygen atoms in total. The van der Waals surface area contributed by atoms with Crippen molar-refractivity contribution < 1.29 is 23.5 Å². The molecule has 0 N–H and O–H groups in total. The van der Waals surface area contributed by atoms with Crippen LogP contribution in [0.4, 0.5) is 0 Å². The molecule has 0 unspecified atom stereocenters. The van der Waals surface area contributed by atoms with Gasteiger partial charge in [-0.05, 0) is 18.2 Å². The summed E-state index contributed by atoms with van der Waals surface area (Å²) in [4.78, 5) is 25.5. The lowest BCUT2D eigenvalue weighted by Gasteiger charge is -2.14. The van der Waals surface area contributed by atoms with Gasteiger partial charge in [0, 0.05) is 28.7 Å². The van der Waals surface area contributed by atoms with Crippen LogP contribution in [0, 0.1) is 0 Å². The number of hydrogen-bond acceptors (Lipinski definition) is 5. The normalized spacial score (nSPS) is 12.3. The lowest BCUT2D eigenvalue weighted by molar-refractivity contribution is 0.0991. The second kappa shape index (κ2) is 6.19. The minimum absolute atomic E-state index is 0.0177. The molecule has 5 heteroatoms. The maximum absolute atomic E-state index is 13.0. The molecule has 0 radical (unpaired) electrons. The third kappa shape index (κ3) is 2.40. The fourth-order valence-corrected chi connectivity index (χ4v) is 3.29. The second-order valence-corrected chi connectivity index (χ2v) is 6.00. The summed E-state index contributed by atoms with van der Waals surface area (Å²) in [5.41, 5.74) is 2.82. The molecule has 1 aromatic heterocycles. The molecule has 0 spiro atoms. The molecule has 4 rings (SSSR count). The van der Waals surface area contributed by atoms with Crippen LogP contribution in [0.2, 0.25) is 0 Å². The first-order valence-corrected chi connectivity index (χ1v) is 8.13. The third-order valence-corrected chi connectivity index (χ3v) is 4.59. The van der Waals surface area contributed by atoms with E-state index in [2.05, 4.69) is 0 Å². The van der Waals surface area contributed by atoms with Gasteiger partial charge in [-0.15, -0.1) is 0 Å². The number of Topliss-reactive ketones (excluding diaryl/α,β-unsaturated/α-hetero) is 1. The number of methoxy groups -OCH3 is 2.